The number of benzene rings is 4. The highest BCUT2D eigenvalue weighted by atomic mass is 19.1. The highest BCUT2D eigenvalue weighted by molar-refractivity contribution is 5.94. The Bertz CT molecular complexity index is 1480. The van der Waals surface area contributed by atoms with Crippen molar-refractivity contribution in [3.05, 3.63) is 143 Å². The van der Waals surface area contributed by atoms with Crippen molar-refractivity contribution >= 4 is 5.91 Å². The van der Waals surface area contributed by atoms with E-state index in [0.29, 0.717) is 30.0 Å². The molecule has 0 N–H and O–H groups in total. The first-order valence-electron chi connectivity index (χ1n) is 12.4. The highest BCUT2D eigenvalue weighted by Crippen LogP contribution is 2.26. The van der Waals surface area contributed by atoms with Gasteiger partial charge in [-0.05, 0) is 54.8 Å². The summed E-state index contributed by atoms with van der Waals surface area (Å²) in [7, 11) is 0. The van der Waals surface area contributed by atoms with Crippen molar-refractivity contribution in [1.82, 2.24) is 14.7 Å². The smallest absolute Gasteiger partial charge is 0.272 e. The number of rotatable bonds is 8. The van der Waals surface area contributed by atoms with Gasteiger partial charge in [-0.3, -0.25) is 4.79 Å². The van der Waals surface area contributed by atoms with Crippen LogP contribution < -0.4 is 0 Å². The van der Waals surface area contributed by atoms with Gasteiger partial charge in [0.2, 0.25) is 0 Å². The summed E-state index contributed by atoms with van der Waals surface area (Å²) in [5, 5.41) is 4.70. The van der Waals surface area contributed by atoms with Gasteiger partial charge in [-0.1, -0.05) is 90.5 Å². The molecule has 4 nitrogen and oxygen atoms in total. The largest absolute Gasteiger partial charge is 0.333 e. The monoisotopic (exact) mass is 489 g/mol. The molecule has 184 valence electrons. The van der Waals surface area contributed by atoms with Crippen LogP contribution in [0.3, 0.4) is 0 Å². The maximum atomic E-state index is 14.7. The van der Waals surface area contributed by atoms with Gasteiger partial charge in [-0.15, -0.1) is 0 Å². The number of hydrogen-bond acceptors (Lipinski definition) is 2. The SMILES string of the molecule is Cc1ccc(-n2nc(-c3ccccc3F)cc2C(=O)N(CCc2ccccc2)Cc2ccccc2)cc1. The lowest BCUT2D eigenvalue weighted by Gasteiger charge is -2.23. The van der Waals surface area contributed by atoms with E-state index in [4.69, 9.17) is 5.10 Å². The Morgan fingerprint density at radius 3 is 2.11 bits per heavy atom. The van der Waals surface area contributed by atoms with E-state index in [1.54, 1.807) is 28.9 Å². The minimum atomic E-state index is -0.375. The topological polar surface area (TPSA) is 38.1 Å². The van der Waals surface area contributed by atoms with Crippen LogP contribution in [0, 0.1) is 12.7 Å². The Balaban J connectivity index is 1.55. The van der Waals surface area contributed by atoms with Crippen LogP contribution in [0.1, 0.15) is 27.2 Å². The molecule has 5 rings (SSSR count). The molecular formula is C32H28FN3O. The fourth-order valence-electron chi connectivity index (χ4n) is 4.34. The molecule has 1 aromatic heterocycles. The second-order valence-electron chi connectivity index (χ2n) is 9.09. The van der Waals surface area contributed by atoms with E-state index in [1.807, 2.05) is 84.6 Å². The van der Waals surface area contributed by atoms with E-state index >= 15 is 0 Å². The van der Waals surface area contributed by atoms with Gasteiger partial charge in [0, 0.05) is 18.7 Å². The van der Waals surface area contributed by atoms with E-state index in [0.717, 1.165) is 28.8 Å². The van der Waals surface area contributed by atoms with Crippen LogP contribution in [0.15, 0.2) is 115 Å². The van der Waals surface area contributed by atoms with Gasteiger partial charge in [0.1, 0.15) is 11.5 Å². The normalized spacial score (nSPS) is 10.9. The second kappa shape index (κ2) is 11.0. The van der Waals surface area contributed by atoms with Gasteiger partial charge in [0.25, 0.3) is 5.91 Å². The third-order valence-electron chi connectivity index (χ3n) is 6.37. The standard InChI is InChI=1S/C32H28FN3O/c1-24-16-18-27(19-17-24)36-31(22-30(34-36)28-14-8-9-15-29(28)33)32(37)35(23-26-12-6-3-7-13-26)21-20-25-10-4-2-5-11-25/h2-19,22H,20-21,23H2,1H3. The third kappa shape index (κ3) is 5.67. The third-order valence-corrected chi connectivity index (χ3v) is 6.37. The van der Waals surface area contributed by atoms with E-state index in [2.05, 4.69) is 12.1 Å². The van der Waals surface area contributed by atoms with Crippen molar-refractivity contribution in [3.63, 3.8) is 0 Å². The fraction of sp³-hybridized carbons (Fsp3) is 0.125. The second-order valence-corrected chi connectivity index (χ2v) is 9.09. The van der Waals surface area contributed by atoms with Crippen LogP contribution in [-0.2, 0) is 13.0 Å². The lowest BCUT2D eigenvalue weighted by molar-refractivity contribution is 0.0736. The first kappa shape index (κ1) is 24.2. The van der Waals surface area contributed by atoms with Crippen LogP contribution in [0.25, 0.3) is 16.9 Å². The van der Waals surface area contributed by atoms with E-state index in [-0.39, 0.29) is 11.7 Å². The maximum Gasteiger partial charge on any atom is 0.272 e. The minimum absolute atomic E-state index is 0.157. The van der Waals surface area contributed by atoms with Gasteiger partial charge in [0.15, 0.2) is 0 Å². The molecular weight excluding hydrogens is 461 g/mol. The van der Waals surface area contributed by atoms with E-state index in [9.17, 15) is 9.18 Å². The predicted molar refractivity (Wildman–Crippen MR) is 145 cm³/mol. The van der Waals surface area contributed by atoms with Gasteiger partial charge in [-0.25, -0.2) is 9.07 Å². The summed E-state index contributed by atoms with van der Waals surface area (Å²) >= 11 is 0. The number of aromatic nitrogens is 2. The molecule has 0 radical (unpaired) electrons. The van der Waals surface area contributed by atoms with Gasteiger partial charge in [0.05, 0.1) is 11.4 Å². The van der Waals surface area contributed by atoms with Gasteiger partial charge >= 0.3 is 0 Å². The Labute approximate surface area is 216 Å². The maximum absolute atomic E-state index is 14.7. The summed E-state index contributed by atoms with van der Waals surface area (Å²) < 4.78 is 16.3. The van der Waals surface area contributed by atoms with Crippen molar-refractivity contribution in [2.75, 3.05) is 6.54 Å². The average Bonchev–Trinajstić information content (AvgIpc) is 3.37. The summed E-state index contributed by atoms with van der Waals surface area (Å²) in [6.07, 6.45) is 0.720. The summed E-state index contributed by atoms with van der Waals surface area (Å²) in [5.74, 6) is -0.532. The summed E-state index contributed by atoms with van der Waals surface area (Å²) in [6.45, 7) is 3.00. The molecule has 0 aliphatic carbocycles. The minimum Gasteiger partial charge on any atom is -0.333 e. The molecule has 0 aliphatic heterocycles. The van der Waals surface area contributed by atoms with Crippen LogP contribution in [0.2, 0.25) is 0 Å². The number of halogens is 1. The van der Waals surface area contributed by atoms with Crippen molar-refractivity contribution in [3.8, 4) is 16.9 Å². The number of aryl methyl sites for hydroxylation is 1. The van der Waals surface area contributed by atoms with Crippen LogP contribution >= 0.6 is 0 Å². The summed E-state index contributed by atoms with van der Waals surface area (Å²) in [5.41, 5.74) is 5.23. The molecule has 0 bridgehead atoms. The van der Waals surface area contributed by atoms with Crippen molar-refractivity contribution < 1.29 is 9.18 Å². The number of amides is 1. The van der Waals surface area contributed by atoms with Crippen molar-refractivity contribution in [2.24, 2.45) is 0 Å². The molecule has 0 atom stereocenters. The Morgan fingerprint density at radius 1 is 0.811 bits per heavy atom. The average molecular weight is 490 g/mol. The molecule has 5 heteroatoms. The highest BCUT2D eigenvalue weighted by Gasteiger charge is 2.24. The molecule has 0 spiro atoms. The Kier molecular flexibility index (Phi) is 7.22. The lowest BCUT2D eigenvalue weighted by atomic mass is 10.1. The summed E-state index contributed by atoms with van der Waals surface area (Å²) in [4.78, 5) is 16.0. The zero-order valence-corrected chi connectivity index (χ0v) is 20.7. The molecule has 37 heavy (non-hydrogen) atoms. The van der Waals surface area contributed by atoms with Crippen LogP contribution in [0.4, 0.5) is 4.39 Å². The molecule has 0 fully saturated rings. The lowest BCUT2D eigenvalue weighted by Crippen LogP contribution is -2.34. The van der Waals surface area contributed by atoms with E-state index in [1.165, 1.54) is 6.07 Å². The number of hydrogen-bond donors (Lipinski definition) is 0. The van der Waals surface area contributed by atoms with E-state index < -0.39 is 0 Å². The Morgan fingerprint density at radius 2 is 1.43 bits per heavy atom. The molecule has 0 saturated carbocycles. The summed E-state index contributed by atoms with van der Waals surface area (Å²) in [6, 6.07) is 36.1. The fourth-order valence-corrected chi connectivity index (χ4v) is 4.34. The molecule has 5 aromatic rings. The number of carbonyl (C=O) groups excluding carboxylic acids is 1. The first-order valence-corrected chi connectivity index (χ1v) is 12.4. The molecule has 0 saturated heterocycles. The zero-order valence-electron chi connectivity index (χ0n) is 20.7. The quantitative estimate of drug-likeness (QED) is 0.238. The molecule has 0 unspecified atom stereocenters. The predicted octanol–water partition coefficient (Wildman–Crippen LogP) is 6.87. The molecule has 4 aromatic carbocycles. The van der Waals surface area contributed by atoms with Gasteiger partial charge < -0.3 is 4.90 Å². The van der Waals surface area contributed by atoms with Crippen molar-refractivity contribution in [1.29, 1.82) is 0 Å². The van der Waals surface area contributed by atoms with Crippen LogP contribution in [0.5, 0.6) is 0 Å². The Hall–Kier alpha value is -4.51. The zero-order chi connectivity index (χ0) is 25.6. The van der Waals surface area contributed by atoms with Crippen LogP contribution in [-0.4, -0.2) is 27.1 Å². The van der Waals surface area contributed by atoms with Crippen molar-refractivity contribution in [2.45, 2.75) is 19.9 Å². The van der Waals surface area contributed by atoms with Gasteiger partial charge in [-0.2, -0.15) is 5.10 Å². The molecule has 1 amide bonds. The first-order chi connectivity index (χ1) is 18.1. The molecule has 0 aliphatic rings. The number of nitrogens with zero attached hydrogens (tertiary/aromatic N) is 3. The number of carbonyl (C=O) groups is 1. The molecule has 1 heterocycles.